The van der Waals surface area contributed by atoms with Crippen LogP contribution in [0.2, 0.25) is 0 Å². The van der Waals surface area contributed by atoms with Gasteiger partial charge in [-0.3, -0.25) is 19.3 Å². The summed E-state index contributed by atoms with van der Waals surface area (Å²) in [5, 5.41) is 6.61. The van der Waals surface area contributed by atoms with E-state index < -0.39 is 69.7 Å². The molecule has 1 aliphatic rings. The first kappa shape index (κ1) is 40.3. The molecule has 0 radical (unpaired) electrons. The van der Waals surface area contributed by atoms with Gasteiger partial charge in [0.25, 0.3) is 11.5 Å². The number of hydrogen-bond donors (Lipinski definition) is 2. The van der Waals surface area contributed by atoms with Gasteiger partial charge in [0.15, 0.2) is 5.82 Å². The lowest BCUT2D eigenvalue weighted by molar-refractivity contribution is -0.140. The van der Waals surface area contributed by atoms with Gasteiger partial charge in [-0.25, -0.2) is 27.3 Å². The standard InChI is InChI=1S/C36H40F3N7O8S.2H2/c1-22(45(29-14-13-25(53-2)21-30(29)54-3)36(50)40-24-11-9-23(37)10-12-24)32-41-27-8-6-5-7-26(27)34(48)46(32)44-18-16-43(17-19-44)35(49)28(15-20-55(4,51)52)42-33(47)31(38)39;;/h5-14,21-22,28,31H,15-20H2,1-4H3,(H,40,50)(H,42,47);2*1H/t22?,28-;;/m0../s1. The molecule has 2 N–H and O–H groups in total. The minimum atomic E-state index is -3.61. The molecule has 5 rings (SSSR count). The number of alkyl halides is 2. The molecule has 2 atom stereocenters. The van der Waals surface area contributed by atoms with Crippen LogP contribution in [-0.2, 0) is 19.4 Å². The van der Waals surface area contributed by atoms with Crippen LogP contribution in [0.5, 0.6) is 11.5 Å². The Kier molecular flexibility index (Phi) is 12.5. The van der Waals surface area contributed by atoms with E-state index in [0.717, 1.165) is 6.26 Å². The zero-order valence-electron chi connectivity index (χ0n) is 30.4. The lowest BCUT2D eigenvalue weighted by Crippen LogP contribution is -2.60. The first-order valence-electron chi connectivity index (χ1n) is 17.0. The molecule has 1 fully saturated rings. The normalized spacial score (nSPS) is 14.3. The summed E-state index contributed by atoms with van der Waals surface area (Å²) in [5.74, 6) is -2.71. The Hall–Kier alpha value is -5.85. The molecule has 1 saturated heterocycles. The second-order valence-electron chi connectivity index (χ2n) is 12.7. The Balaban J connectivity index is 0.00000435. The van der Waals surface area contributed by atoms with E-state index in [4.69, 9.17) is 14.5 Å². The smallest absolute Gasteiger partial charge is 0.327 e. The third-order valence-electron chi connectivity index (χ3n) is 8.94. The highest BCUT2D eigenvalue weighted by Gasteiger charge is 2.35. The van der Waals surface area contributed by atoms with Gasteiger partial charge in [-0.05, 0) is 61.9 Å². The quantitative estimate of drug-likeness (QED) is 0.203. The number of hydrogen-bond acceptors (Lipinski definition) is 10. The molecule has 0 bridgehead atoms. The van der Waals surface area contributed by atoms with Crippen molar-refractivity contribution in [2.45, 2.75) is 31.9 Å². The van der Waals surface area contributed by atoms with Gasteiger partial charge in [0.1, 0.15) is 33.2 Å². The fourth-order valence-electron chi connectivity index (χ4n) is 6.16. The van der Waals surface area contributed by atoms with E-state index in [2.05, 4.69) is 5.32 Å². The van der Waals surface area contributed by atoms with Gasteiger partial charge in [0, 0.05) is 34.0 Å². The summed E-state index contributed by atoms with van der Waals surface area (Å²) in [6.45, 7) is 1.58. The number of rotatable bonds is 13. The molecule has 298 valence electrons. The van der Waals surface area contributed by atoms with Crippen molar-refractivity contribution in [3.05, 3.63) is 88.7 Å². The Morgan fingerprint density at radius 1 is 0.982 bits per heavy atom. The van der Waals surface area contributed by atoms with Crippen molar-refractivity contribution in [2.24, 2.45) is 0 Å². The Morgan fingerprint density at radius 2 is 1.65 bits per heavy atom. The van der Waals surface area contributed by atoms with Crippen LogP contribution >= 0.6 is 0 Å². The van der Waals surface area contributed by atoms with Gasteiger partial charge in [0.05, 0.1) is 55.7 Å². The van der Waals surface area contributed by atoms with Crippen molar-refractivity contribution in [1.82, 2.24) is 19.9 Å². The second-order valence-corrected chi connectivity index (χ2v) is 14.9. The van der Waals surface area contributed by atoms with Crippen LogP contribution in [0.1, 0.15) is 28.1 Å². The highest BCUT2D eigenvalue weighted by atomic mass is 32.2. The van der Waals surface area contributed by atoms with E-state index in [9.17, 15) is 40.8 Å². The maximum atomic E-state index is 14.3. The van der Waals surface area contributed by atoms with E-state index in [1.807, 2.05) is 5.32 Å². The third-order valence-corrected chi connectivity index (χ3v) is 9.92. The van der Waals surface area contributed by atoms with Gasteiger partial charge >= 0.3 is 12.5 Å². The van der Waals surface area contributed by atoms with Gasteiger partial charge in [0.2, 0.25) is 5.91 Å². The van der Waals surface area contributed by atoms with Crippen molar-refractivity contribution in [2.75, 3.05) is 67.6 Å². The van der Waals surface area contributed by atoms with E-state index in [0.29, 0.717) is 11.3 Å². The minimum Gasteiger partial charge on any atom is -0.497 e. The van der Waals surface area contributed by atoms with E-state index in [-0.39, 0.29) is 57.4 Å². The topological polar surface area (TPSA) is 172 Å². The van der Waals surface area contributed by atoms with E-state index in [1.54, 1.807) is 54.4 Å². The van der Waals surface area contributed by atoms with Crippen molar-refractivity contribution in [3.8, 4) is 11.5 Å². The molecule has 15 nitrogen and oxygen atoms in total. The molecular weight excluding hydrogens is 747 g/mol. The van der Waals surface area contributed by atoms with Crippen LogP contribution in [0.3, 0.4) is 0 Å². The summed E-state index contributed by atoms with van der Waals surface area (Å²) in [6, 6.07) is 13.3. The zero-order chi connectivity index (χ0) is 40.0. The summed E-state index contributed by atoms with van der Waals surface area (Å²) in [5.41, 5.74) is 0.401. The van der Waals surface area contributed by atoms with Gasteiger partial charge in [-0.2, -0.15) is 8.78 Å². The number of para-hydroxylation sites is 1. The molecule has 0 aliphatic carbocycles. The molecule has 0 spiro atoms. The molecule has 19 heteroatoms. The molecule has 3 aromatic carbocycles. The van der Waals surface area contributed by atoms with Crippen LogP contribution in [0.15, 0.2) is 71.5 Å². The molecule has 1 aromatic heterocycles. The summed E-state index contributed by atoms with van der Waals surface area (Å²) in [4.78, 5) is 61.4. The van der Waals surface area contributed by atoms with Crippen LogP contribution < -0.4 is 35.6 Å². The summed E-state index contributed by atoms with van der Waals surface area (Å²) in [7, 11) is -0.725. The predicted molar refractivity (Wildman–Crippen MR) is 203 cm³/mol. The predicted octanol–water partition coefficient (Wildman–Crippen LogP) is 3.81. The van der Waals surface area contributed by atoms with Crippen LogP contribution in [0.25, 0.3) is 10.9 Å². The van der Waals surface area contributed by atoms with Crippen LogP contribution in [0, 0.1) is 5.82 Å². The van der Waals surface area contributed by atoms with Crippen molar-refractivity contribution in [3.63, 3.8) is 0 Å². The van der Waals surface area contributed by atoms with Gasteiger partial charge in [-0.15, -0.1) is 0 Å². The fraction of sp³-hybridized carbons (Fsp3) is 0.361. The molecule has 1 unspecified atom stereocenters. The molecule has 4 aromatic rings. The number of amides is 4. The number of sulfone groups is 1. The number of benzene rings is 3. The van der Waals surface area contributed by atoms with Gasteiger partial charge < -0.3 is 30.0 Å². The van der Waals surface area contributed by atoms with Crippen LogP contribution in [0.4, 0.5) is 29.3 Å². The average molecular weight is 792 g/mol. The summed E-state index contributed by atoms with van der Waals surface area (Å²) >= 11 is 0. The number of carbonyl (C=O) groups is 3. The van der Waals surface area contributed by atoms with Crippen molar-refractivity contribution >= 4 is 50.0 Å². The molecular formula is C36H44F3N7O8S. The zero-order valence-corrected chi connectivity index (χ0v) is 31.2. The monoisotopic (exact) mass is 791 g/mol. The number of halogens is 3. The van der Waals surface area contributed by atoms with E-state index in [1.165, 1.54) is 53.0 Å². The highest BCUT2D eigenvalue weighted by molar-refractivity contribution is 7.90. The molecule has 1 aliphatic heterocycles. The highest BCUT2D eigenvalue weighted by Crippen LogP contribution is 2.37. The number of nitrogens with zero attached hydrogens (tertiary/aromatic N) is 5. The molecule has 0 saturated carbocycles. The number of methoxy groups -OCH3 is 2. The third kappa shape index (κ3) is 9.45. The fourth-order valence-corrected chi connectivity index (χ4v) is 6.82. The number of fused-ring (bicyclic) bond motifs is 1. The molecule has 55 heavy (non-hydrogen) atoms. The van der Waals surface area contributed by atoms with Crippen molar-refractivity contribution in [1.29, 1.82) is 0 Å². The Morgan fingerprint density at radius 3 is 2.27 bits per heavy atom. The first-order valence-corrected chi connectivity index (χ1v) is 19.1. The average Bonchev–Trinajstić information content (AvgIpc) is 3.16. The molecule has 2 heterocycles. The number of carbonyl (C=O) groups excluding carboxylic acids is 3. The summed E-state index contributed by atoms with van der Waals surface area (Å²) in [6.07, 6.45) is -2.92. The second kappa shape index (κ2) is 17.1. The lowest BCUT2D eigenvalue weighted by Gasteiger charge is -2.40. The summed E-state index contributed by atoms with van der Waals surface area (Å²) < 4.78 is 76.0. The number of aromatic nitrogens is 2. The number of anilines is 2. The largest absolute Gasteiger partial charge is 0.497 e. The van der Waals surface area contributed by atoms with Crippen LogP contribution in [-0.4, -0.2) is 106 Å². The Labute approximate surface area is 317 Å². The lowest BCUT2D eigenvalue weighted by atomic mass is 10.1. The molecule has 4 amide bonds. The maximum Gasteiger partial charge on any atom is 0.327 e. The van der Waals surface area contributed by atoms with Crippen molar-refractivity contribution < 1.29 is 48.3 Å². The minimum absolute atomic E-state index is 0. The number of piperazine rings is 1. The van der Waals surface area contributed by atoms with Gasteiger partial charge in [-0.1, -0.05) is 12.1 Å². The van der Waals surface area contributed by atoms with E-state index >= 15 is 0 Å². The number of ether oxygens (including phenoxy) is 2. The maximum absolute atomic E-state index is 14.3. The SMILES string of the molecule is COc1ccc(N(C(=O)Nc2ccc(F)cc2)C(C)c2nc3ccccc3c(=O)n2N2CCN(C(=O)[C@H](CCS(C)(=O)=O)NC(=O)C(F)F)CC2)c(OC)c1.[HH].[HH]. The number of nitrogens with one attached hydrogen (secondary N) is 2. The first-order chi connectivity index (χ1) is 26.1. The Bertz CT molecular complexity index is 2230. The number of urea groups is 1.